The summed E-state index contributed by atoms with van der Waals surface area (Å²) in [5, 5.41) is 3.17. The third-order valence-electron chi connectivity index (χ3n) is 3.77. The Kier molecular flexibility index (Phi) is 6.03. The van der Waals surface area contributed by atoms with E-state index in [9.17, 15) is 9.59 Å². The van der Waals surface area contributed by atoms with Crippen molar-refractivity contribution in [2.24, 2.45) is 0 Å². The molecule has 0 unspecified atom stereocenters. The first-order valence-corrected chi connectivity index (χ1v) is 9.18. The number of hydrogen-bond donors (Lipinski definition) is 1. The Morgan fingerprint density at radius 2 is 2.07 bits per heavy atom. The SMILES string of the molecule is CN(CC(=O)Nc1ccccc1Br)C(=O)/C=C/c1cc(Cl)c2c(c1)OCO2. The number of carbonyl (C=O) groups excluding carboxylic acids is 2. The fourth-order valence-corrected chi connectivity index (χ4v) is 3.08. The first-order chi connectivity index (χ1) is 12.9. The molecular weight excluding hydrogens is 436 g/mol. The minimum Gasteiger partial charge on any atom is -0.454 e. The van der Waals surface area contributed by atoms with Crippen LogP contribution in [-0.4, -0.2) is 37.1 Å². The zero-order valence-corrected chi connectivity index (χ0v) is 16.7. The second kappa shape index (κ2) is 8.45. The Bertz CT molecular complexity index is 917. The maximum absolute atomic E-state index is 12.3. The van der Waals surface area contributed by atoms with Gasteiger partial charge in [-0.2, -0.15) is 0 Å². The molecule has 1 aliphatic rings. The summed E-state index contributed by atoms with van der Waals surface area (Å²) < 4.78 is 11.3. The highest BCUT2D eigenvalue weighted by Gasteiger charge is 2.18. The standard InChI is InChI=1S/C19H16BrClN2O4/c1-23(10-17(24)22-15-5-3-2-4-13(15)20)18(25)7-6-12-8-14(21)19-16(9-12)26-11-27-19/h2-9H,10-11H2,1H3,(H,22,24)/b7-6+. The predicted molar refractivity (Wildman–Crippen MR) is 107 cm³/mol. The Balaban J connectivity index is 1.59. The molecule has 2 aromatic carbocycles. The molecule has 2 amide bonds. The summed E-state index contributed by atoms with van der Waals surface area (Å²) >= 11 is 9.48. The van der Waals surface area contributed by atoms with E-state index in [1.165, 1.54) is 11.0 Å². The average Bonchev–Trinajstić information content (AvgIpc) is 3.10. The van der Waals surface area contributed by atoms with Gasteiger partial charge in [0.05, 0.1) is 17.3 Å². The van der Waals surface area contributed by atoms with Gasteiger partial charge >= 0.3 is 0 Å². The lowest BCUT2D eigenvalue weighted by molar-refractivity contribution is -0.129. The smallest absolute Gasteiger partial charge is 0.246 e. The molecule has 6 nitrogen and oxygen atoms in total. The van der Waals surface area contributed by atoms with E-state index in [2.05, 4.69) is 21.2 Å². The number of ether oxygens (including phenoxy) is 2. The molecule has 140 valence electrons. The highest BCUT2D eigenvalue weighted by Crippen LogP contribution is 2.40. The van der Waals surface area contributed by atoms with E-state index < -0.39 is 0 Å². The third kappa shape index (κ3) is 4.81. The minimum absolute atomic E-state index is 0.0770. The first-order valence-electron chi connectivity index (χ1n) is 8.01. The number of fused-ring (bicyclic) bond motifs is 1. The number of para-hydroxylation sites is 1. The molecule has 27 heavy (non-hydrogen) atoms. The molecule has 1 heterocycles. The van der Waals surface area contributed by atoms with Crippen LogP contribution in [0.25, 0.3) is 6.08 Å². The van der Waals surface area contributed by atoms with Gasteiger partial charge in [0.15, 0.2) is 11.5 Å². The van der Waals surface area contributed by atoms with Gasteiger partial charge in [-0.15, -0.1) is 0 Å². The number of carbonyl (C=O) groups is 2. The van der Waals surface area contributed by atoms with Crippen molar-refractivity contribution in [2.45, 2.75) is 0 Å². The van der Waals surface area contributed by atoms with Crippen LogP contribution < -0.4 is 14.8 Å². The molecule has 1 aliphatic heterocycles. The van der Waals surface area contributed by atoms with Gasteiger partial charge < -0.3 is 19.7 Å². The Hall–Kier alpha value is -2.51. The summed E-state index contributed by atoms with van der Waals surface area (Å²) in [7, 11) is 1.55. The van der Waals surface area contributed by atoms with Gasteiger partial charge in [-0.1, -0.05) is 23.7 Å². The summed E-state index contributed by atoms with van der Waals surface area (Å²) in [5.41, 5.74) is 1.34. The number of benzene rings is 2. The summed E-state index contributed by atoms with van der Waals surface area (Å²) in [5.74, 6) is 0.431. The lowest BCUT2D eigenvalue weighted by Gasteiger charge is -2.15. The zero-order chi connectivity index (χ0) is 19.4. The summed E-state index contributed by atoms with van der Waals surface area (Å²) in [6, 6.07) is 10.7. The van der Waals surface area contributed by atoms with E-state index in [0.717, 1.165) is 4.47 Å². The van der Waals surface area contributed by atoms with Crippen LogP contribution in [0.15, 0.2) is 46.9 Å². The maximum atomic E-state index is 12.3. The molecule has 0 spiro atoms. The van der Waals surface area contributed by atoms with E-state index in [1.54, 1.807) is 31.3 Å². The summed E-state index contributed by atoms with van der Waals surface area (Å²) in [6.07, 6.45) is 2.98. The number of hydrogen-bond acceptors (Lipinski definition) is 4. The molecule has 0 radical (unpaired) electrons. The maximum Gasteiger partial charge on any atom is 0.246 e. The summed E-state index contributed by atoms with van der Waals surface area (Å²) in [4.78, 5) is 25.7. The summed E-state index contributed by atoms with van der Waals surface area (Å²) in [6.45, 7) is 0.0446. The van der Waals surface area contributed by atoms with Crippen molar-refractivity contribution in [3.05, 3.63) is 57.5 Å². The Morgan fingerprint density at radius 1 is 1.30 bits per heavy atom. The number of nitrogens with zero attached hydrogens (tertiary/aromatic N) is 1. The van der Waals surface area contributed by atoms with E-state index in [-0.39, 0.29) is 25.2 Å². The van der Waals surface area contributed by atoms with Crippen LogP contribution in [0, 0.1) is 0 Å². The van der Waals surface area contributed by atoms with Gasteiger partial charge in [-0.25, -0.2) is 0 Å². The van der Waals surface area contributed by atoms with Gasteiger partial charge in [-0.3, -0.25) is 9.59 Å². The van der Waals surface area contributed by atoms with E-state index in [4.69, 9.17) is 21.1 Å². The first kappa shape index (κ1) is 19.3. The van der Waals surface area contributed by atoms with Crippen LogP contribution in [0.3, 0.4) is 0 Å². The minimum atomic E-state index is -0.314. The topological polar surface area (TPSA) is 67.9 Å². The number of anilines is 1. The normalized spacial score (nSPS) is 12.3. The lowest BCUT2D eigenvalue weighted by Crippen LogP contribution is -2.33. The fourth-order valence-electron chi connectivity index (χ4n) is 2.42. The molecule has 0 saturated carbocycles. The van der Waals surface area contributed by atoms with Crippen LogP contribution in [0.1, 0.15) is 5.56 Å². The number of nitrogens with one attached hydrogen (secondary N) is 1. The van der Waals surface area contributed by atoms with Crippen LogP contribution in [0.2, 0.25) is 5.02 Å². The molecule has 0 bridgehead atoms. The lowest BCUT2D eigenvalue weighted by atomic mass is 10.2. The highest BCUT2D eigenvalue weighted by atomic mass is 79.9. The van der Waals surface area contributed by atoms with Gasteiger partial charge in [0, 0.05) is 17.6 Å². The monoisotopic (exact) mass is 450 g/mol. The molecular formula is C19H16BrClN2O4. The zero-order valence-electron chi connectivity index (χ0n) is 14.4. The number of amides is 2. The van der Waals surface area contributed by atoms with E-state index in [0.29, 0.717) is 27.8 Å². The molecule has 2 aromatic rings. The predicted octanol–water partition coefficient (Wildman–Crippen LogP) is 3.94. The number of likely N-dealkylation sites (N-methyl/N-ethyl adjacent to an activating group) is 1. The largest absolute Gasteiger partial charge is 0.454 e. The number of rotatable bonds is 5. The molecule has 0 fully saturated rings. The van der Waals surface area contributed by atoms with Crippen molar-refractivity contribution in [1.29, 1.82) is 0 Å². The Labute approximate surface area is 169 Å². The van der Waals surface area contributed by atoms with Crippen LogP contribution >= 0.6 is 27.5 Å². The number of halogens is 2. The molecule has 1 N–H and O–H groups in total. The van der Waals surface area contributed by atoms with Gasteiger partial charge in [0.25, 0.3) is 0 Å². The fraction of sp³-hybridized carbons (Fsp3) is 0.158. The molecule has 0 saturated heterocycles. The van der Waals surface area contributed by atoms with Crippen molar-refractivity contribution >= 4 is 51.1 Å². The molecule has 0 atom stereocenters. The van der Waals surface area contributed by atoms with Gasteiger partial charge in [0.2, 0.25) is 18.6 Å². The van der Waals surface area contributed by atoms with Crippen LogP contribution in [0.5, 0.6) is 11.5 Å². The second-order valence-electron chi connectivity index (χ2n) is 5.79. The molecule has 0 aliphatic carbocycles. The van der Waals surface area contributed by atoms with Crippen molar-refractivity contribution in [3.63, 3.8) is 0 Å². The van der Waals surface area contributed by atoms with Crippen molar-refractivity contribution in [3.8, 4) is 11.5 Å². The van der Waals surface area contributed by atoms with Crippen molar-refractivity contribution in [2.75, 3.05) is 25.7 Å². The van der Waals surface area contributed by atoms with Crippen molar-refractivity contribution < 1.29 is 19.1 Å². The van der Waals surface area contributed by atoms with Gasteiger partial charge in [-0.05, 0) is 51.8 Å². The highest BCUT2D eigenvalue weighted by molar-refractivity contribution is 9.10. The van der Waals surface area contributed by atoms with Crippen molar-refractivity contribution in [1.82, 2.24) is 4.90 Å². The third-order valence-corrected chi connectivity index (χ3v) is 4.75. The quantitative estimate of drug-likeness (QED) is 0.699. The van der Waals surface area contributed by atoms with Crippen LogP contribution in [0.4, 0.5) is 5.69 Å². The molecule has 3 rings (SSSR count). The van der Waals surface area contributed by atoms with Gasteiger partial charge in [0.1, 0.15) is 0 Å². The van der Waals surface area contributed by atoms with Crippen LogP contribution in [-0.2, 0) is 9.59 Å². The van der Waals surface area contributed by atoms with E-state index >= 15 is 0 Å². The van der Waals surface area contributed by atoms with E-state index in [1.807, 2.05) is 18.2 Å². The molecule has 0 aromatic heterocycles. The Morgan fingerprint density at radius 3 is 2.85 bits per heavy atom. The second-order valence-corrected chi connectivity index (χ2v) is 7.05. The molecule has 8 heteroatoms. The average molecular weight is 452 g/mol.